The largest absolute Gasteiger partial charge is 0.324 e. The Morgan fingerprint density at radius 2 is 1.94 bits per heavy atom. The summed E-state index contributed by atoms with van der Waals surface area (Å²) in [6, 6.07) is 5.01. The lowest BCUT2D eigenvalue weighted by atomic mass is 9.61. The fraction of sp³-hybridized carbons (Fsp3) is 0.600. The first kappa shape index (κ1) is 13.8. The number of hydrogen-bond donors (Lipinski definition) is 1. The van der Waals surface area contributed by atoms with E-state index in [1.165, 1.54) is 12.5 Å². The molecule has 100 valence electrons. The maximum Gasteiger partial charge on any atom is 0.142 e. The predicted octanol–water partition coefficient (Wildman–Crippen LogP) is 4.32. The molecule has 0 aliphatic heterocycles. The van der Waals surface area contributed by atoms with Crippen LogP contribution in [0.2, 0.25) is 5.02 Å². The molecule has 0 saturated heterocycles. The summed E-state index contributed by atoms with van der Waals surface area (Å²) in [7, 11) is 0. The molecule has 0 radical (unpaired) electrons. The zero-order chi connectivity index (χ0) is 13.4. The molecule has 1 unspecified atom stereocenters. The van der Waals surface area contributed by atoms with Gasteiger partial charge in [0.05, 0.1) is 5.02 Å². The van der Waals surface area contributed by atoms with E-state index in [4.69, 9.17) is 17.3 Å². The van der Waals surface area contributed by atoms with Gasteiger partial charge < -0.3 is 5.73 Å². The first-order chi connectivity index (χ1) is 8.34. The van der Waals surface area contributed by atoms with Crippen LogP contribution in [0.3, 0.4) is 0 Å². The molecule has 1 saturated carbocycles. The zero-order valence-corrected chi connectivity index (χ0v) is 11.9. The number of hydrogen-bond acceptors (Lipinski definition) is 1. The van der Waals surface area contributed by atoms with Gasteiger partial charge in [-0.3, -0.25) is 0 Å². The molecule has 1 aromatic carbocycles. The summed E-state index contributed by atoms with van der Waals surface area (Å²) in [5, 5.41) is 0.174. The highest BCUT2D eigenvalue weighted by atomic mass is 35.5. The van der Waals surface area contributed by atoms with Crippen LogP contribution < -0.4 is 5.73 Å². The van der Waals surface area contributed by atoms with E-state index in [2.05, 4.69) is 13.8 Å². The van der Waals surface area contributed by atoms with Crippen LogP contribution in [0.4, 0.5) is 4.39 Å². The SMILES string of the molecule is CC1(C)CCCCC1(N)Cc1ccc(Cl)c(F)c1. The molecule has 0 spiro atoms. The van der Waals surface area contributed by atoms with E-state index in [1.54, 1.807) is 6.07 Å². The summed E-state index contributed by atoms with van der Waals surface area (Å²) < 4.78 is 13.5. The van der Waals surface area contributed by atoms with E-state index in [-0.39, 0.29) is 21.8 Å². The van der Waals surface area contributed by atoms with Crippen LogP contribution in [0.15, 0.2) is 18.2 Å². The Bertz CT molecular complexity index is 444. The molecule has 2 rings (SSSR count). The van der Waals surface area contributed by atoms with Crippen LogP contribution in [0, 0.1) is 11.2 Å². The first-order valence-electron chi connectivity index (χ1n) is 6.57. The molecule has 1 aromatic rings. The van der Waals surface area contributed by atoms with Gasteiger partial charge in [-0.2, -0.15) is 0 Å². The van der Waals surface area contributed by atoms with E-state index in [9.17, 15) is 4.39 Å². The minimum Gasteiger partial charge on any atom is -0.324 e. The average molecular weight is 270 g/mol. The van der Waals surface area contributed by atoms with Crippen molar-refractivity contribution in [1.82, 2.24) is 0 Å². The molecule has 1 nitrogen and oxygen atoms in total. The molecule has 1 aliphatic carbocycles. The standard InChI is InChI=1S/C15H21ClFN/c1-14(2)7-3-4-8-15(14,18)10-11-5-6-12(16)13(17)9-11/h5-6,9H,3-4,7-8,10,18H2,1-2H3. The quantitative estimate of drug-likeness (QED) is 0.850. The lowest BCUT2D eigenvalue weighted by Crippen LogP contribution is -2.56. The molecule has 1 fully saturated rings. The van der Waals surface area contributed by atoms with Gasteiger partial charge in [-0.05, 0) is 42.4 Å². The maximum atomic E-state index is 13.5. The highest BCUT2D eigenvalue weighted by Gasteiger charge is 2.43. The fourth-order valence-electron chi connectivity index (χ4n) is 2.94. The minimum absolute atomic E-state index is 0.0986. The Labute approximate surface area is 114 Å². The van der Waals surface area contributed by atoms with E-state index in [0.29, 0.717) is 6.42 Å². The van der Waals surface area contributed by atoms with Crippen LogP contribution in [0.1, 0.15) is 45.1 Å². The normalized spacial score (nSPS) is 27.2. The zero-order valence-electron chi connectivity index (χ0n) is 11.1. The third kappa shape index (κ3) is 2.55. The highest BCUT2D eigenvalue weighted by Crippen LogP contribution is 2.44. The van der Waals surface area contributed by atoms with Crippen molar-refractivity contribution >= 4 is 11.6 Å². The number of nitrogens with two attached hydrogens (primary N) is 1. The molecular weight excluding hydrogens is 249 g/mol. The second kappa shape index (κ2) is 4.82. The third-order valence-corrected chi connectivity index (χ3v) is 4.83. The van der Waals surface area contributed by atoms with Crippen molar-refractivity contribution in [3.05, 3.63) is 34.6 Å². The molecule has 0 bridgehead atoms. The molecule has 0 heterocycles. The van der Waals surface area contributed by atoms with Gasteiger partial charge in [-0.15, -0.1) is 0 Å². The van der Waals surface area contributed by atoms with Crippen LogP contribution in [-0.4, -0.2) is 5.54 Å². The Hall–Kier alpha value is -0.600. The van der Waals surface area contributed by atoms with Crippen LogP contribution >= 0.6 is 11.6 Å². The van der Waals surface area contributed by atoms with Gasteiger partial charge in [0.25, 0.3) is 0 Å². The van der Waals surface area contributed by atoms with Crippen molar-refractivity contribution < 1.29 is 4.39 Å². The van der Waals surface area contributed by atoms with Crippen molar-refractivity contribution in [1.29, 1.82) is 0 Å². The maximum absolute atomic E-state index is 13.5. The van der Waals surface area contributed by atoms with Crippen molar-refractivity contribution in [2.45, 2.75) is 51.5 Å². The van der Waals surface area contributed by atoms with Crippen LogP contribution in [0.25, 0.3) is 0 Å². The van der Waals surface area contributed by atoms with Crippen molar-refractivity contribution in [2.75, 3.05) is 0 Å². The lowest BCUT2D eigenvalue weighted by Gasteiger charge is -2.48. The lowest BCUT2D eigenvalue weighted by molar-refractivity contribution is 0.0990. The Kier molecular flexibility index (Phi) is 3.70. The first-order valence-corrected chi connectivity index (χ1v) is 6.95. The van der Waals surface area contributed by atoms with E-state index in [1.807, 2.05) is 6.07 Å². The molecule has 0 aromatic heterocycles. The van der Waals surface area contributed by atoms with E-state index in [0.717, 1.165) is 24.8 Å². The molecule has 3 heteroatoms. The van der Waals surface area contributed by atoms with Crippen molar-refractivity contribution in [3.63, 3.8) is 0 Å². The summed E-state index contributed by atoms with van der Waals surface area (Å²) in [6.45, 7) is 4.44. The second-order valence-electron chi connectivity index (χ2n) is 6.17. The summed E-state index contributed by atoms with van der Waals surface area (Å²) in [5.74, 6) is -0.355. The van der Waals surface area contributed by atoms with Crippen LogP contribution in [0.5, 0.6) is 0 Å². The summed E-state index contributed by atoms with van der Waals surface area (Å²) >= 11 is 5.71. The number of halogens is 2. The van der Waals surface area contributed by atoms with E-state index >= 15 is 0 Å². The average Bonchev–Trinajstić information content (AvgIpc) is 2.28. The Morgan fingerprint density at radius 3 is 2.56 bits per heavy atom. The monoisotopic (exact) mass is 269 g/mol. The van der Waals surface area contributed by atoms with Gasteiger partial charge in [0.15, 0.2) is 0 Å². The number of rotatable bonds is 2. The third-order valence-electron chi connectivity index (χ3n) is 4.53. The highest BCUT2D eigenvalue weighted by molar-refractivity contribution is 6.30. The molecule has 1 atom stereocenters. The summed E-state index contributed by atoms with van der Waals surface area (Å²) in [6.07, 6.45) is 5.26. The molecule has 18 heavy (non-hydrogen) atoms. The number of benzene rings is 1. The molecule has 1 aliphatic rings. The van der Waals surface area contributed by atoms with Gasteiger partial charge in [-0.25, -0.2) is 4.39 Å². The van der Waals surface area contributed by atoms with Gasteiger partial charge in [0.1, 0.15) is 5.82 Å². The van der Waals surface area contributed by atoms with Crippen LogP contribution in [-0.2, 0) is 6.42 Å². The molecule has 0 amide bonds. The summed E-state index contributed by atoms with van der Waals surface area (Å²) in [5.41, 5.74) is 7.39. The molecular formula is C15H21ClFN. The second-order valence-corrected chi connectivity index (χ2v) is 6.58. The van der Waals surface area contributed by atoms with Gasteiger partial charge >= 0.3 is 0 Å². The van der Waals surface area contributed by atoms with Crippen molar-refractivity contribution in [3.8, 4) is 0 Å². The summed E-state index contributed by atoms with van der Waals surface area (Å²) in [4.78, 5) is 0. The fourth-order valence-corrected chi connectivity index (χ4v) is 3.05. The Balaban J connectivity index is 2.23. The van der Waals surface area contributed by atoms with Gasteiger partial charge in [-0.1, -0.05) is 44.4 Å². The minimum atomic E-state index is -0.355. The van der Waals surface area contributed by atoms with Gasteiger partial charge in [0.2, 0.25) is 0 Å². The smallest absolute Gasteiger partial charge is 0.142 e. The predicted molar refractivity (Wildman–Crippen MR) is 74.3 cm³/mol. The van der Waals surface area contributed by atoms with Crippen molar-refractivity contribution in [2.24, 2.45) is 11.1 Å². The Morgan fingerprint density at radius 1 is 1.28 bits per heavy atom. The van der Waals surface area contributed by atoms with Gasteiger partial charge in [0, 0.05) is 5.54 Å². The van der Waals surface area contributed by atoms with E-state index < -0.39 is 0 Å². The molecule has 2 N–H and O–H groups in total. The topological polar surface area (TPSA) is 26.0 Å².